The third-order valence-electron chi connectivity index (χ3n) is 6.24. The van der Waals surface area contributed by atoms with E-state index in [-0.39, 0.29) is 11.7 Å². The van der Waals surface area contributed by atoms with Crippen LogP contribution in [0.3, 0.4) is 0 Å². The van der Waals surface area contributed by atoms with E-state index in [1.165, 1.54) is 37.8 Å². The summed E-state index contributed by atoms with van der Waals surface area (Å²) in [7, 11) is 0. The molecule has 1 N–H and O–H groups in total. The minimum absolute atomic E-state index is 0.0950. The molecule has 0 radical (unpaired) electrons. The van der Waals surface area contributed by atoms with Crippen LogP contribution >= 0.6 is 0 Å². The molecule has 3 aliphatic rings. The van der Waals surface area contributed by atoms with Crippen LogP contribution in [0.1, 0.15) is 44.1 Å². The lowest BCUT2D eigenvalue weighted by molar-refractivity contribution is -0.129. The number of nitrogens with one attached hydrogen (secondary N) is 1. The van der Waals surface area contributed by atoms with Gasteiger partial charge in [0.2, 0.25) is 5.91 Å². The molecule has 1 aromatic carbocycles. The monoisotopic (exact) mass is 331 g/mol. The van der Waals surface area contributed by atoms with E-state index < -0.39 is 0 Å². The normalized spacial score (nSPS) is 32.4. The summed E-state index contributed by atoms with van der Waals surface area (Å²) in [6.45, 7) is 0.841. The van der Waals surface area contributed by atoms with Gasteiger partial charge in [-0.15, -0.1) is 0 Å². The van der Waals surface area contributed by atoms with Crippen molar-refractivity contribution in [3.63, 3.8) is 0 Å². The molecule has 1 amide bonds. The number of rotatable bonds is 5. The number of ether oxygens (including phenoxy) is 1. The zero-order chi connectivity index (χ0) is 16.5. The zero-order valence-electron chi connectivity index (χ0n) is 14.0. The molecule has 2 aliphatic carbocycles. The molecule has 3 nitrogen and oxygen atoms in total. The van der Waals surface area contributed by atoms with Gasteiger partial charge >= 0.3 is 0 Å². The lowest BCUT2D eigenvalue weighted by Crippen LogP contribution is -2.63. The van der Waals surface area contributed by atoms with Gasteiger partial charge in [-0.25, -0.2) is 4.39 Å². The van der Waals surface area contributed by atoms with Gasteiger partial charge < -0.3 is 10.1 Å². The van der Waals surface area contributed by atoms with Gasteiger partial charge in [0.1, 0.15) is 5.82 Å². The molecule has 4 rings (SSSR count). The third-order valence-corrected chi connectivity index (χ3v) is 6.24. The second-order valence-corrected chi connectivity index (χ2v) is 7.63. The molecule has 0 bridgehead atoms. The van der Waals surface area contributed by atoms with Gasteiger partial charge in [0, 0.05) is 30.9 Å². The minimum Gasteiger partial charge on any atom is -0.377 e. The molecule has 0 aromatic heterocycles. The largest absolute Gasteiger partial charge is 0.377 e. The molecule has 1 aromatic rings. The van der Waals surface area contributed by atoms with Crippen molar-refractivity contribution in [3.05, 3.63) is 35.6 Å². The summed E-state index contributed by atoms with van der Waals surface area (Å²) < 4.78 is 19.2. The smallest absolute Gasteiger partial charge is 0.220 e. The zero-order valence-corrected chi connectivity index (χ0v) is 14.0. The Morgan fingerprint density at radius 3 is 2.88 bits per heavy atom. The molecular weight excluding hydrogens is 305 g/mol. The molecule has 24 heavy (non-hydrogen) atoms. The SMILES string of the molecule is O=C(CCc1cccc(F)c1)N[C@@H]1[C@@H]2CCO[C@@H]2[C@@H]1C1CCCC1. The average molecular weight is 331 g/mol. The Morgan fingerprint density at radius 2 is 2.08 bits per heavy atom. The first-order valence-electron chi connectivity index (χ1n) is 9.38. The number of hydrogen-bond donors (Lipinski definition) is 1. The van der Waals surface area contributed by atoms with Crippen LogP contribution in [0.15, 0.2) is 24.3 Å². The van der Waals surface area contributed by atoms with Gasteiger partial charge in [-0.1, -0.05) is 37.8 Å². The fourth-order valence-corrected chi connectivity index (χ4v) is 5.07. The van der Waals surface area contributed by atoms with Crippen molar-refractivity contribution in [1.29, 1.82) is 0 Å². The van der Waals surface area contributed by atoms with Crippen LogP contribution in [0.4, 0.5) is 4.39 Å². The topological polar surface area (TPSA) is 38.3 Å². The van der Waals surface area contributed by atoms with Crippen molar-refractivity contribution in [1.82, 2.24) is 5.32 Å². The molecule has 0 spiro atoms. The number of benzene rings is 1. The fourth-order valence-electron chi connectivity index (χ4n) is 5.07. The molecule has 1 aliphatic heterocycles. The van der Waals surface area contributed by atoms with Gasteiger partial charge in [0.25, 0.3) is 0 Å². The second-order valence-electron chi connectivity index (χ2n) is 7.63. The average Bonchev–Trinajstić information content (AvgIpc) is 3.22. The predicted molar refractivity (Wildman–Crippen MR) is 89.9 cm³/mol. The van der Waals surface area contributed by atoms with E-state index >= 15 is 0 Å². The fraction of sp³-hybridized carbons (Fsp3) is 0.650. The first-order chi connectivity index (χ1) is 11.7. The molecule has 4 heteroatoms. The predicted octanol–water partition coefficient (Wildman–Crippen LogP) is 3.47. The van der Waals surface area contributed by atoms with E-state index in [0.29, 0.717) is 36.8 Å². The van der Waals surface area contributed by atoms with E-state index in [9.17, 15) is 9.18 Å². The van der Waals surface area contributed by atoms with Gasteiger partial charge in [0.15, 0.2) is 0 Å². The van der Waals surface area contributed by atoms with E-state index in [2.05, 4.69) is 5.32 Å². The summed E-state index contributed by atoms with van der Waals surface area (Å²) in [5.41, 5.74) is 0.883. The number of aryl methyl sites for hydroxylation is 1. The highest BCUT2D eigenvalue weighted by Crippen LogP contribution is 2.51. The molecule has 4 atom stereocenters. The van der Waals surface area contributed by atoms with E-state index in [4.69, 9.17) is 4.74 Å². The standard InChI is InChI=1S/C20H26FNO2/c21-15-7-3-4-13(12-15)8-9-17(23)22-19-16-10-11-24-20(16)18(19)14-5-1-2-6-14/h3-4,7,12,14,16,18-20H,1-2,5-6,8-11H2,(H,22,23)/t16-,18+,19+,20-/m0/s1. The highest BCUT2D eigenvalue weighted by atomic mass is 19.1. The number of fused-ring (bicyclic) bond motifs is 1. The Hall–Kier alpha value is -1.42. The summed E-state index contributed by atoms with van der Waals surface area (Å²) in [5, 5.41) is 3.29. The van der Waals surface area contributed by atoms with Crippen molar-refractivity contribution in [2.24, 2.45) is 17.8 Å². The number of halogens is 1. The molecule has 1 heterocycles. The molecule has 130 valence electrons. The van der Waals surface area contributed by atoms with Crippen molar-refractivity contribution in [2.75, 3.05) is 6.61 Å². The number of carbonyl (C=O) groups excluding carboxylic acids is 1. The number of carbonyl (C=O) groups is 1. The number of hydrogen-bond acceptors (Lipinski definition) is 2. The van der Waals surface area contributed by atoms with Crippen LogP contribution in [0.5, 0.6) is 0 Å². The lowest BCUT2D eigenvalue weighted by Gasteiger charge is -2.50. The summed E-state index contributed by atoms with van der Waals surface area (Å²) in [6.07, 6.45) is 7.67. The van der Waals surface area contributed by atoms with E-state index in [1.54, 1.807) is 6.07 Å². The third kappa shape index (κ3) is 3.08. The van der Waals surface area contributed by atoms with Crippen LogP contribution in [0, 0.1) is 23.6 Å². The summed E-state index contributed by atoms with van der Waals surface area (Å²) in [5.74, 6) is 1.60. The highest BCUT2D eigenvalue weighted by molar-refractivity contribution is 5.76. The maximum absolute atomic E-state index is 13.2. The van der Waals surface area contributed by atoms with Crippen molar-refractivity contribution >= 4 is 5.91 Å². The van der Waals surface area contributed by atoms with Crippen molar-refractivity contribution < 1.29 is 13.9 Å². The summed E-state index contributed by atoms with van der Waals surface area (Å²) in [4.78, 5) is 12.4. The molecule has 1 saturated heterocycles. The number of amides is 1. The Bertz CT molecular complexity index is 594. The quantitative estimate of drug-likeness (QED) is 0.897. The lowest BCUT2D eigenvalue weighted by atomic mass is 9.61. The maximum Gasteiger partial charge on any atom is 0.220 e. The Labute approximate surface area is 143 Å². The van der Waals surface area contributed by atoms with Crippen LogP contribution in [0.25, 0.3) is 0 Å². The molecule has 0 unspecified atom stereocenters. The van der Waals surface area contributed by atoms with Crippen LogP contribution in [-0.2, 0) is 16.0 Å². The summed E-state index contributed by atoms with van der Waals surface area (Å²) in [6, 6.07) is 6.82. The van der Waals surface area contributed by atoms with Gasteiger partial charge in [-0.2, -0.15) is 0 Å². The Kier molecular flexibility index (Phi) is 4.57. The second kappa shape index (κ2) is 6.83. The van der Waals surface area contributed by atoms with Gasteiger partial charge in [0.05, 0.1) is 6.10 Å². The van der Waals surface area contributed by atoms with Crippen LogP contribution in [0.2, 0.25) is 0 Å². The first kappa shape index (κ1) is 16.1. The van der Waals surface area contributed by atoms with E-state index in [1.807, 2.05) is 6.07 Å². The Balaban J connectivity index is 1.34. The molecule has 3 fully saturated rings. The van der Waals surface area contributed by atoms with Crippen LogP contribution < -0.4 is 5.32 Å². The van der Waals surface area contributed by atoms with Crippen molar-refractivity contribution in [3.8, 4) is 0 Å². The van der Waals surface area contributed by atoms with E-state index in [0.717, 1.165) is 24.5 Å². The van der Waals surface area contributed by atoms with Crippen molar-refractivity contribution in [2.45, 2.75) is 57.1 Å². The maximum atomic E-state index is 13.2. The highest BCUT2D eigenvalue weighted by Gasteiger charge is 2.56. The first-order valence-corrected chi connectivity index (χ1v) is 9.38. The van der Waals surface area contributed by atoms with Crippen LogP contribution in [-0.4, -0.2) is 24.7 Å². The van der Waals surface area contributed by atoms with Gasteiger partial charge in [-0.05, 0) is 36.5 Å². The molecular formula is C20H26FNO2. The summed E-state index contributed by atoms with van der Waals surface area (Å²) >= 11 is 0. The Morgan fingerprint density at radius 1 is 1.25 bits per heavy atom. The van der Waals surface area contributed by atoms with Gasteiger partial charge in [-0.3, -0.25) is 4.79 Å². The molecule has 2 saturated carbocycles. The minimum atomic E-state index is -0.237.